The number of hydrogen-bond donors (Lipinski definition) is 0. The van der Waals surface area contributed by atoms with Crippen molar-refractivity contribution in [2.45, 2.75) is 119 Å². The average molecular weight is 401 g/mol. The third-order valence-electron chi connectivity index (χ3n) is 12.1. The number of hydrogen-bond acceptors (Lipinski definition) is 2. The summed E-state index contributed by atoms with van der Waals surface area (Å²) in [6, 6.07) is 0. The molecule has 0 bridgehead atoms. The van der Waals surface area contributed by atoms with Gasteiger partial charge in [0, 0.05) is 19.3 Å². The second-order valence-electron chi connectivity index (χ2n) is 12.8. The van der Waals surface area contributed by atoms with Gasteiger partial charge in [-0.15, -0.1) is 0 Å². The molecule has 0 aromatic carbocycles. The summed E-state index contributed by atoms with van der Waals surface area (Å²) in [5, 5.41) is 0. The zero-order valence-electron chi connectivity index (χ0n) is 20.0. The fourth-order valence-electron chi connectivity index (χ4n) is 9.55. The first kappa shape index (κ1) is 21.6. The van der Waals surface area contributed by atoms with E-state index in [1.807, 2.05) is 0 Å². The van der Waals surface area contributed by atoms with Crippen molar-refractivity contribution in [1.29, 1.82) is 0 Å². The number of carbonyl (C=O) groups excluding carboxylic acids is 2. The molecule has 2 nitrogen and oxygen atoms in total. The monoisotopic (exact) mass is 400 g/mol. The van der Waals surface area contributed by atoms with Gasteiger partial charge in [-0.2, -0.15) is 0 Å². The van der Waals surface area contributed by atoms with E-state index in [-0.39, 0.29) is 5.41 Å². The standard InChI is InChI=1S/C27H44O2/c1-19(28)8-7-9-20-10-15-27(6)24(20,3)14-12-22-25(4)13-11-21(29)18-23(25,2)16-17-26(22,27)5/h20,22H,7-18H2,1-6H3. The van der Waals surface area contributed by atoms with Crippen molar-refractivity contribution in [2.24, 2.45) is 38.9 Å². The van der Waals surface area contributed by atoms with E-state index < -0.39 is 0 Å². The predicted octanol–water partition coefficient (Wildman–Crippen LogP) is 7.14. The van der Waals surface area contributed by atoms with E-state index in [9.17, 15) is 9.59 Å². The zero-order valence-corrected chi connectivity index (χ0v) is 20.0. The van der Waals surface area contributed by atoms with Gasteiger partial charge in [-0.25, -0.2) is 0 Å². The van der Waals surface area contributed by atoms with Gasteiger partial charge in [0.15, 0.2) is 0 Å². The summed E-state index contributed by atoms with van der Waals surface area (Å²) in [5.74, 6) is 2.37. The first-order chi connectivity index (χ1) is 13.4. The van der Waals surface area contributed by atoms with E-state index >= 15 is 0 Å². The third kappa shape index (κ3) is 2.72. The van der Waals surface area contributed by atoms with Crippen molar-refractivity contribution in [3.05, 3.63) is 0 Å². The van der Waals surface area contributed by atoms with Gasteiger partial charge in [-0.1, -0.05) is 34.6 Å². The van der Waals surface area contributed by atoms with Crippen molar-refractivity contribution in [3.8, 4) is 0 Å². The Morgan fingerprint density at radius 1 is 0.897 bits per heavy atom. The van der Waals surface area contributed by atoms with E-state index in [0.29, 0.717) is 33.2 Å². The van der Waals surface area contributed by atoms with Crippen LogP contribution in [0.1, 0.15) is 119 Å². The smallest absolute Gasteiger partial charge is 0.133 e. The molecule has 7 unspecified atom stereocenters. The molecule has 0 N–H and O–H groups in total. The van der Waals surface area contributed by atoms with E-state index in [0.717, 1.165) is 43.9 Å². The Bertz CT molecular complexity index is 711. The molecular formula is C27H44O2. The topological polar surface area (TPSA) is 34.1 Å². The van der Waals surface area contributed by atoms with Crippen molar-refractivity contribution in [2.75, 3.05) is 0 Å². The Morgan fingerprint density at radius 3 is 2.31 bits per heavy atom. The van der Waals surface area contributed by atoms with Crippen LogP contribution in [0.5, 0.6) is 0 Å². The highest BCUT2D eigenvalue weighted by atomic mass is 16.1. The second-order valence-corrected chi connectivity index (χ2v) is 12.8. The molecule has 2 heteroatoms. The molecule has 0 heterocycles. The Labute approximate surface area is 179 Å². The molecule has 0 aromatic heterocycles. The van der Waals surface area contributed by atoms with Crippen LogP contribution in [0.4, 0.5) is 0 Å². The third-order valence-corrected chi connectivity index (χ3v) is 12.1. The van der Waals surface area contributed by atoms with E-state index in [4.69, 9.17) is 0 Å². The molecule has 4 aliphatic carbocycles. The highest BCUT2D eigenvalue weighted by Crippen LogP contribution is 2.79. The van der Waals surface area contributed by atoms with Crippen LogP contribution in [0.2, 0.25) is 0 Å². The van der Waals surface area contributed by atoms with Gasteiger partial charge in [-0.3, -0.25) is 4.79 Å². The first-order valence-electron chi connectivity index (χ1n) is 12.4. The van der Waals surface area contributed by atoms with Crippen LogP contribution in [0.3, 0.4) is 0 Å². The van der Waals surface area contributed by atoms with Crippen LogP contribution in [-0.4, -0.2) is 11.6 Å². The maximum Gasteiger partial charge on any atom is 0.133 e. The normalized spacial score (nSPS) is 51.9. The summed E-state index contributed by atoms with van der Waals surface area (Å²) in [6.45, 7) is 14.6. The van der Waals surface area contributed by atoms with Crippen molar-refractivity contribution in [1.82, 2.24) is 0 Å². The van der Waals surface area contributed by atoms with Crippen molar-refractivity contribution >= 4 is 11.6 Å². The van der Waals surface area contributed by atoms with Crippen LogP contribution >= 0.6 is 0 Å². The Hall–Kier alpha value is -0.660. The fraction of sp³-hybridized carbons (Fsp3) is 0.926. The lowest BCUT2D eigenvalue weighted by atomic mass is 9.32. The van der Waals surface area contributed by atoms with Crippen LogP contribution in [0.15, 0.2) is 0 Å². The Balaban J connectivity index is 1.64. The highest BCUT2D eigenvalue weighted by Gasteiger charge is 2.71. The molecule has 7 atom stereocenters. The van der Waals surface area contributed by atoms with Crippen molar-refractivity contribution < 1.29 is 9.59 Å². The predicted molar refractivity (Wildman–Crippen MR) is 119 cm³/mol. The lowest BCUT2D eigenvalue weighted by molar-refractivity contribution is -0.231. The molecule has 29 heavy (non-hydrogen) atoms. The molecule has 0 radical (unpaired) electrons. The van der Waals surface area contributed by atoms with E-state index in [2.05, 4.69) is 34.6 Å². The SMILES string of the molecule is CC(=O)CCCC1CCC2(C)C1(C)CCC1C3(C)CCC(=O)CC3(C)CCC12C. The average Bonchev–Trinajstić information content (AvgIpc) is 2.90. The minimum Gasteiger partial charge on any atom is -0.300 e. The van der Waals surface area contributed by atoms with Gasteiger partial charge in [-0.05, 0) is 104 Å². The number of ketones is 2. The first-order valence-corrected chi connectivity index (χ1v) is 12.4. The molecule has 0 spiro atoms. The molecule has 4 saturated carbocycles. The minimum atomic E-state index is 0.204. The van der Waals surface area contributed by atoms with Crippen LogP contribution in [0, 0.1) is 38.9 Å². The Kier molecular flexibility index (Phi) is 4.96. The molecule has 0 amide bonds. The summed E-state index contributed by atoms with van der Waals surface area (Å²) in [7, 11) is 0. The lowest BCUT2D eigenvalue weighted by Crippen LogP contribution is -2.65. The van der Waals surface area contributed by atoms with Gasteiger partial charge >= 0.3 is 0 Å². The molecule has 0 saturated heterocycles. The lowest BCUT2D eigenvalue weighted by Gasteiger charge is -2.72. The summed E-state index contributed by atoms with van der Waals surface area (Å²) in [5.41, 5.74) is 1.68. The van der Waals surface area contributed by atoms with E-state index in [1.165, 1.54) is 44.9 Å². The van der Waals surface area contributed by atoms with Crippen LogP contribution < -0.4 is 0 Å². The van der Waals surface area contributed by atoms with Gasteiger partial charge in [0.1, 0.15) is 11.6 Å². The largest absolute Gasteiger partial charge is 0.300 e. The molecule has 0 aliphatic heterocycles. The summed E-state index contributed by atoms with van der Waals surface area (Å²) in [6.07, 6.45) is 13.7. The maximum atomic E-state index is 12.4. The molecule has 4 aliphatic rings. The summed E-state index contributed by atoms with van der Waals surface area (Å²) < 4.78 is 0. The minimum absolute atomic E-state index is 0.204. The quantitative estimate of drug-likeness (QED) is 0.502. The highest BCUT2D eigenvalue weighted by molar-refractivity contribution is 5.80. The second kappa shape index (κ2) is 6.67. The zero-order chi connectivity index (χ0) is 21.3. The van der Waals surface area contributed by atoms with Crippen LogP contribution in [-0.2, 0) is 9.59 Å². The summed E-state index contributed by atoms with van der Waals surface area (Å²) >= 11 is 0. The molecule has 0 aromatic rings. The summed E-state index contributed by atoms with van der Waals surface area (Å²) in [4.78, 5) is 23.8. The maximum absolute atomic E-state index is 12.4. The number of carbonyl (C=O) groups is 2. The molecule has 4 fully saturated rings. The number of fused-ring (bicyclic) bond motifs is 5. The van der Waals surface area contributed by atoms with Gasteiger partial charge in [0.05, 0.1) is 0 Å². The van der Waals surface area contributed by atoms with Gasteiger partial charge in [0.2, 0.25) is 0 Å². The van der Waals surface area contributed by atoms with Crippen molar-refractivity contribution in [3.63, 3.8) is 0 Å². The number of Topliss-reactive ketones (excluding diaryl/α,β-unsaturated/α-hetero) is 2. The molecular weight excluding hydrogens is 356 g/mol. The Morgan fingerprint density at radius 2 is 1.62 bits per heavy atom. The van der Waals surface area contributed by atoms with Crippen LogP contribution in [0.25, 0.3) is 0 Å². The fourth-order valence-corrected chi connectivity index (χ4v) is 9.55. The van der Waals surface area contributed by atoms with E-state index in [1.54, 1.807) is 6.92 Å². The molecule has 164 valence electrons. The van der Waals surface area contributed by atoms with Gasteiger partial charge in [0.25, 0.3) is 0 Å². The molecule has 4 rings (SSSR count). The van der Waals surface area contributed by atoms with Gasteiger partial charge < -0.3 is 4.79 Å². The number of rotatable bonds is 4.